The summed E-state index contributed by atoms with van der Waals surface area (Å²) in [6.07, 6.45) is 7.96. The molecule has 0 aliphatic heterocycles. The normalized spacial score (nSPS) is 12.0. The molecule has 0 saturated carbocycles. The Hall–Kier alpha value is 0.759. The van der Waals surface area contributed by atoms with Crippen LogP contribution in [0.1, 0.15) is 59.3 Å². The Morgan fingerprint density at radius 2 is 1.27 bits per heavy atom. The standard InChI is InChI=1S/C4H9O.2C4H9.CH3.Sn/c1-2-3-4-5;2*1-3-4-2;;/h2-4H2,1H3;2*1,3-4H2,2H3;1H3;/q-1;;;;+1. The van der Waals surface area contributed by atoms with E-state index in [-0.39, 0.29) is 0 Å². The van der Waals surface area contributed by atoms with Gasteiger partial charge < -0.3 is 0 Å². The molecule has 0 radical (unpaired) electrons. The van der Waals surface area contributed by atoms with E-state index in [1.165, 1.54) is 47.4 Å². The van der Waals surface area contributed by atoms with Crippen LogP contribution in [0.25, 0.3) is 0 Å². The van der Waals surface area contributed by atoms with E-state index in [0.29, 0.717) is 0 Å². The number of hydrogen-bond acceptors (Lipinski definition) is 1. The molecule has 0 aromatic heterocycles. The monoisotopic (exact) mass is 322 g/mol. The number of unbranched alkanes of at least 4 members (excludes halogenated alkanes) is 3. The van der Waals surface area contributed by atoms with Gasteiger partial charge in [0.2, 0.25) is 0 Å². The first kappa shape index (κ1) is 15.8. The van der Waals surface area contributed by atoms with Gasteiger partial charge in [0.25, 0.3) is 0 Å². The summed E-state index contributed by atoms with van der Waals surface area (Å²) in [6, 6.07) is 0. The van der Waals surface area contributed by atoms with Crippen LogP contribution in [0.2, 0.25) is 13.8 Å². The second kappa shape index (κ2) is 9.95. The van der Waals surface area contributed by atoms with Crippen LogP contribution in [0.3, 0.4) is 0 Å². The molecule has 0 amide bonds. The molecule has 92 valence electrons. The van der Waals surface area contributed by atoms with Crippen molar-refractivity contribution in [3.8, 4) is 0 Å². The van der Waals surface area contributed by atoms with Crippen LogP contribution in [0.4, 0.5) is 0 Å². The molecule has 0 atom stereocenters. The number of hydrogen-bond donors (Lipinski definition) is 0. The summed E-state index contributed by atoms with van der Waals surface area (Å²) in [4.78, 5) is 2.51. The zero-order valence-electron chi connectivity index (χ0n) is 11.3. The molecule has 2 heteroatoms. The Balaban J connectivity index is 3.89. The summed E-state index contributed by atoms with van der Waals surface area (Å²) in [5.74, 6) is 0. The van der Waals surface area contributed by atoms with Crippen molar-refractivity contribution in [3.63, 3.8) is 0 Å². The van der Waals surface area contributed by atoms with Crippen LogP contribution >= 0.6 is 0 Å². The topological polar surface area (TPSA) is 9.23 Å². The van der Waals surface area contributed by atoms with Gasteiger partial charge in [0, 0.05) is 0 Å². The minimum atomic E-state index is -2.09. The van der Waals surface area contributed by atoms with Crippen LogP contribution in [0.5, 0.6) is 0 Å². The molecule has 1 nitrogen and oxygen atoms in total. The molecule has 15 heavy (non-hydrogen) atoms. The van der Waals surface area contributed by atoms with Gasteiger partial charge in [-0.05, 0) is 0 Å². The van der Waals surface area contributed by atoms with E-state index in [9.17, 15) is 0 Å². The first-order valence-corrected chi connectivity index (χ1v) is 14.9. The molecule has 0 fully saturated rings. The molecule has 0 aliphatic carbocycles. The second-order valence-electron chi connectivity index (χ2n) is 4.86. The van der Waals surface area contributed by atoms with Crippen molar-refractivity contribution in [1.29, 1.82) is 0 Å². The zero-order chi connectivity index (χ0) is 11.6. The van der Waals surface area contributed by atoms with E-state index >= 15 is 0 Å². The molecular formula is C13H30OSn. The molecule has 0 N–H and O–H groups in total. The molecule has 0 heterocycles. The molecule has 0 bridgehead atoms. The van der Waals surface area contributed by atoms with Crippen molar-refractivity contribution in [2.24, 2.45) is 0 Å². The average molecular weight is 321 g/mol. The fraction of sp³-hybridized carbons (Fsp3) is 1.00. The van der Waals surface area contributed by atoms with Crippen molar-refractivity contribution in [3.05, 3.63) is 0 Å². The summed E-state index contributed by atoms with van der Waals surface area (Å²) < 4.78 is 9.16. The van der Waals surface area contributed by atoms with E-state index in [1.54, 1.807) is 0 Å². The van der Waals surface area contributed by atoms with Crippen LogP contribution in [-0.2, 0) is 3.07 Å². The third kappa shape index (κ3) is 8.55. The molecule has 0 aromatic carbocycles. The molecule has 0 unspecified atom stereocenters. The van der Waals surface area contributed by atoms with Gasteiger partial charge in [0.05, 0.1) is 0 Å². The van der Waals surface area contributed by atoms with Gasteiger partial charge in [-0.3, -0.25) is 0 Å². The maximum absolute atomic E-state index is 6.28. The fourth-order valence-electron chi connectivity index (χ4n) is 1.83. The first-order chi connectivity index (χ1) is 7.18. The maximum atomic E-state index is 6.28. The van der Waals surface area contributed by atoms with Crippen LogP contribution in [-0.4, -0.2) is 25.4 Å². The van der Waals surface area contributed by atoms with E-state index in [0.717, 1.165) is 6.61 Å². The van der Waals surface area contributed by atoms with E-state index in [1.807, 2.05) is 0 Å². The van der Waals surface area contributed by atoms with E-state index in [4.69, 9.17) is 3.07 Å². The zero-order valence-corrected chi connectivity index (χ0v) is 14.1. The van der Waals surface area contributed by atoms with Gasteiger partial charge in [-0.15, -0.1) is 0 Å². The summed E-state index contributed by atoms with van der Waals surface area (Å²) >= 11 is -2.09. The van der Waals surface area contributed by atoms with Crippen LogP contribution < -0.4 is 0 Å². The SMILES string of the molecule is CCCC[O][Sn]([CH3])([CH2]CCC)[CH2]CCC. The van der Waals surface area contributed by atoms with E-state index < -0.39 is 18.8 Å². The minimum absolute atomic E-state index is 1.04. The molecule has 0 aromatic rings. The molecule has 0 aliphatic rings. The van der Waals surface area contributed by atoms with Crippen molar-refractivity contribution < 1.29 is 3.07 Å². The van der Waals surface area contributed by atoms with Gasteiger partial charge >= 0.3 is 102 Å². The Labute approximate surface area is 101 Å². The molecule has 0 saturated heterocycles. The Kier molecular flexibility index (Phi) is 10.5. The Bertz CT molecular complexity index is 128. The fourth-order valence-corrected chi connectivity index (χ4v) is 11.5. The van der Waals surface area contributed by atoms with Crippen molar-refractivity contribution in [2.45, 2.75) is 73.1 Å². The summed E-state index contributed by atoms with van der Waals surface area (Å²) in [7, 11) is 0. The predicted octanol–water partition coefficient (Wildman–Crippen LogP) is 4.98. The Morgan fingerprint density at radius 1 is 0.800 bits per heavy atom. The van der Waals surface area contributed by atoms with Gasteiger partial charge in [0.1, 0.15) is 0 Å². The van der Waals surface area contributed by atoms with Gasteiger partial charge in [-0.1, -0.05) is 0 Å². The van der Waals surface area contributed by atoms with Gasteiger partial charge in [-0.2, -0.15) is 0 Å². The van der Waals surface area contributed by atoms with Crippen LogP contribution in [0.15, 0.2) is 0 Å². The van der Waals surface area contributed by atoms with Crippen molar-refractivity contribution in [2.75, 3.05) is 6.61 Å². The third-order valence-electron chi connectivity index (χ3n) is 3.07. The number of rotatable bonds is 10. The summed E-state index contributed by atoms with van der Waals surface area (Å²) in [5, 5.41) is 0. The third-order valence-corrected chi connectivity index (χ3v) is 13.7. The van der Waals surface area contributed by atoms with Crippen molar-refractivity contribution >= 4 is 18.8 Å². The van der Waals surface area contributed by atoms with Crippen molar-refractivity contribution in [1.82, 2.24) is 0 Å². The molecule has 0 spiro atoms. The van der Waals surface area contributed by atoms with Gasteiger partial charge in [-0.25, -0.2) is 0 Å². The summed E-state index contributed by atoms with van der Waals surface area (Å²) in [5.41, 5.74) is 0. The molecule has 0 rings (SSSR count). The summed E-state index contributed by atoms with van der Waals surface area (Å²) in [6.45, 7) is 7.86. The first-order valence-electron chi connectivity index (χ1n) is 6.82. The van der Waals surface area contributed by atoms with Crippen LogP contribution in [0, 0.1) is 0 Å². The quantitative estimate of drug-likeness (QED) is 0.407. The second-order valence-corrected chi connectivity index (χ2v) is 16.8. The predicted molar refractivity (Wildman–Crippen MR) is 71.9 cm³/mol. The van der Waals surface area contributed by atoms with Gasteiger partial charge in [0.15, 0.2) is 0 Å². The van der Waals surface area contributed by atoms with E-state index in [2.05, 4.69) is 25.7 Å². The average Bonchev–Trinajstić information content (AvgIpc) is 2.24. The Morgan fingerprint density at radius 3 is 1.67 bits per heavy atom. The molecular weight excluding hydrogens is 291 g/mol.